The Morgan fingerprint density at radius 1 is 1.03 bits per heavy atom. The first-order valence-electron chi connectivity index (χ1n) is 10.3. The van der Waals surface area contributed by atoms with Crippen molar-refractivity contribution in [3.8, 4) is 23.3 Å². The maximum Gasteiger partial charge on any atom is 0.255 e. The van der Waals surface area contributed by atoms with Gasteiger partial charge in [0.15, 0.2) is 5.75 Å². The predicted octanol–water partition coefficient (Wildman–Crippen LogP) is 6.37. The molecule has 1 heterocycles. The number of carbonyl (C=O) groups is 1. The Kier molecular flexibility index (Phi) is 6.16. The van der Waals surface area contributed by atoms with E-state index in [9.17, 15) is 4.79 Å². The van der Waals surface area contributed by atoms with E-state index in [4.69, 9.17) is 21.6 Å². The summed E-state index contributed by atoms with van der Waals surface area (Å²) >= 11 is 6.18. The molecule has 0 fully saturated rings. The molecule has 1 amide bonds. The molecule has 4 aromatic rings. The van der Waals surface area contributed by atoms with Crippen LogP contribution in [0.1, 0.15) is 32.9 Å². The van der Waals surface area contributed by atoms with Gasteiger partial charge in [0.05, 0.1) is 22.0 Å². The van der Waals surface area contributed by atoms with Crippen molar-refractivity contribution < 1.29 is 9.53 Å². The van der Waals surface area contributed by atoms with E-state index < -0.39 is 0 Å². The zero-order valence-electron chi connectivity index (χ0n) is 18.4. The number of benzene rings is 3. The third-order valence-corrected chi connectivity index (χ3v) is 5.50. The molecule has 7 heteroatoms. The number of nitriles is 1. The van der Waals surface area contributed by atoms with E-state index in [1.807, 2.05) is 45.0 Å². The van der Waals surface area contributed by atoms with Crippen LogP contribution in [0.5, 0.6) is 11.5 Å². The lowest BCUT2D eigenvalue weighted by Crippen LogP contribution is -2.11. The highest BCUT2D eigenvalue weighted by Gasteiger charge is 2.16. The van der Waals surface area contributed by atoms with E-state index in [-0.39, 0.29) is 5.91 Å². The van der Waals surface area contributed by atoms with Crippen molar-refractivity contribution >= 4 is 23.2 Å². The summed E-state index contributed by atoms with van der Waals surface area (Å²) in [6.07, 6.45) is 0. The molecule has 0 saturated heterocycles. The number of aromatic nitrogens is 2. The summed E-state index contributed by atoms with van der Waals surface area (Å²) in [5.41, 5.74) is 5.03. The third-order valence-electron chi connectivity index (χ3n) is 5.19. The number of nitrogens with zero attached hydrogens (tertiary/aromatic N) is 3. The Labute approximate surface area is 197 Å². The van der Waals surface area contributed by atoms with Crippen LogP contribution in [-0.4, -0.2) is 15.7 Å². The van der Waals surface area contributed by atoms with Crippen LogP contribution >= 0.6 is 11.6 Å². The molecular weight excluding hydrogens is 436 g/mol. The van der Waals surface area contributed by atoms with Crippen molar-refractivity contribution in [1.29, 1.82) is 5.26 Å². The van der Waals surface area contributed by atoms with Crippen molar-refractivity contribution in [3.05, 3.63) is 99.8 Å². The molecule has 4 rings (SSSR count). The molecular formula is C26H21ClN4O2. The number of hydrogen-bond acceptors (Lipinski definition) is 4. The number of aryl methyl sites for hydroxylation is 2. The van der Waals surface area contributed by atoms with Gasteiger partial charge in [-0.05, 0) is 75.4 Å². The summed E-state index contributed by atoms with van der Waals surface area (Å²) in [7, 11) is 0. The van der Waals surface area contributed by atoms with Crippen LogP contribution in [0, 0.1) is 32.1 Å². The minimum atomic E-state index is -0.191. The standard InChI is InChI=1S/C26H21ClN4O2/c1-16-4-9-21(10-5-16)29-26(32)19-7-12-23(13-8-19)33-25-17(2)30-31(18(25)3)22-11-6-20(15-28)24(27)14-22/h4-14H,1-3H3,(H,29,32). The van der Waals surface area contributed by atoms with Crippen molar-refractivity contribution in [3.63, 3.8) is 0 Å². The smallest absolute Gasteiger partial charge is 0.255 e. The van der Waals surface area contributed by atoms with Gasteiger partial charge in [-0.25, -0.2) is 4.68 Å². The molecule has 0 aliphatic carbocycles. The number of rotatable bonds is 5. The molecule has 0 atom stereocenters. The molecule has 0 bridgehead atoms. The maximum absolute atomic E-state index is 12.5. The maximum atomic E-state index is 12.5. The van der Waals surface area contributed by atoms with Crippen LogP contribution in [0.15, 0.2) is 66.7 Å². The molecule has 1 aromatic heterocycles. The summed E-state index contributed by atoms with van der Waals surface area (Å²) in [6.45, 7) is 5.75. The first-order valence-corrected chi connectivity index (χ1v) is 10.7. The van der Waals surface area contributed by atoms with E-state index in [0.717, 1.165) is 22.6 Å². The number of ether oxygens (including phenoxy) is 1. The van der Waals surface area contributed by atoms with Gasteiger partial charge in [0, 0.05) is 11.3 Å². The molecule has 1 N–H and O–H groups in total. The average molecular weight is 457 g/mol. The van der Waals surface area contributed by atoms with Gasteiger partial charge >= 0.3 is 0 Å². The fraction of sp³-hybridized carbons (Fsp3) is 0.115. The lowest BCUT2D eigenvalue weighted by atomic mass is 10.2. The number of halogens is 1. The molecule has 6 nitrogen and oxygen atoms in total. The Hall–Kier alpha value is -4.08. The molecule has 0 radical (unpaired) electrons. The number of carbonyl (C=O) groups excluding carboxylic acids is 1. The van der Waals surface area contributed by atoms with E-state index >= 15 is 0 Å². The van der Waals surface area contributed by atoms with Crippen LogP contribution in [0.4, 0.5) is 5.69 Å². The highest BCUT2D eigenvalue weighted by atomic mass is 35.5. The van der Waals surface area contributed by atoms with Gasteiger partial charge in [0.25, 0.3) is 5.91 Å². The predicted molar refractivity (Wildman–Crippen MR) is 128 cm³/mol. The van der Waals surface area contributed by atoms with Gasteiger partial charge in [-0.2, -0.15) is 10.4 Å². The normalized spacial score (nSPS) is 10.5. The minimum Gasteiger partial charge on any atom is -0.453 e. The fourth-order valence-corrected chi connectivity index (χ4v) is 3.60. The summed E-state index contributed by atoms with van der Waals surface area (Å²) < 4.78 is 7.81. The van der Waals surface area contributed by atoms with Crippen molar-refractivity contribution in [2.24, 2.45) is 0 Å². The highest BCUT2D eigenvalue weighted by molar-refractivity contribution is 6.31. The fourth-order valence-electron chi connectivity index (χ4n) is 3.39. The van der Waals surface area contributed by atoms with E-state index in [2.05, 4.69) is 16.5 Å². The van der Waals surface area contributed by atoms with Crippen LogP contribution in [-0.2, 0) is 0 Å². The SMILES string of the molecule is Cc1ccc(NC(=O)c2ccc(Oc3c(C)nn(-c4ccc(C#N)c(Cl)c4)c3C)cc2)cc1. The summed E-state index contributed by atoms with van der Waals surface area (Å²) in [5, 5.41) is 16.9. The quantitative estimate of drug-likeness (QED) is 0.378. The molecule has 33 heavy (non-hydrogen) atoms. The average Bonchev–Trinajstić information content (AvgIpc) is 3.09. The number of nitrogens with one attached hydrogen (secondary N) is 1. The zero-order valence-corrected chi connectivity index (χ0v) is 19.1. The van der Waals surface area contributed by atoms with E-state index in [1.165, 1.54) is 0 Å². The van der Waals surface area contributed by atoms with Crippen LogP contribution < -0.4 is 10.1 Å². The van der Waals surface area contributed by atoms with Gasteiger partial charge in [-0.1, -0.05) is 29.3 Å². The van der Waals surface area contributed by atoms with E-state index in [0.29, 0.717) is 33.3 Å². The zero-order chi connectivity index (χ0) is 23.5. The largest absolute Gasteiger partial charge is 0.453 e. The van der Waals surface area contributed by atoms with Crippen LogP contribution in [0.25, 0.3) is 5.69 Å². The number of anilines is 1. The Morgan fingerprint density at radius 3 is 2.36 bits per heavy atom. The first-order chi connectivity index (χ1) is 15.9. The first kappa shape index (κ1) is 22.1. The summed E-state index contributed by atoms with van der Waals surface area (Å²) in [4.78, 5) is 12.5. The number of hydrogen-bond donors (Lipinski definition) is 1. The molecule has 164 valence electrons. The van der Waals surface area contributed by atoms with Gasteiger partial charge in [0.2, 0.25) is 0 Å². The Balaban J connectivity index is 1.51. The van der Waals surface area contributed by atoms with Crippen molar-refractivity contribution in [2.45, 2.75) is 20.8 Å². The Morgan fingerprint density at radius 2 is 1.73 bits per heavy atom. The second kappa shape index (κ2) is 9.19. The van der Waals surface area contributed by atoms with Gasteiger partial charge in [-0.3, -0.25) is 4.79 Å². The molecule has 0 aliphatic heterocycles. The van der Waals surface area contributed by atoms with E-state index in [1.54, 1.807) is 47.1 Å². The third kappa shape index (κ3) is 4.74. The monoisotopic (exact) mass is 456 g/mol. The van der Waals surface area contributed by atoms with Gasteiger partial charge in [-0.15, -0.1) is 0 Å². The molecule has 0 spiro atoms. The van der Waals surface area contributed by atoms with Crippen molar-refractivity contribution in [2.75, 3.05) is 5.32 Å². The van der Waals surface area contributed by atoms with Crippen molar-refractivity contribution in [1.82, 2.24) is 9.78 Å². The molecule has 0 aliphatic rings. The van der Waals surface area contributed by atoms with Crippen LogP contribution in [0.3, 0.4) is 0 Å². The number of amides is 1. The summed E-state index contributed by atoms with van der Waals surface area (Å²) in [6, 6.07) is 21.8. The second-order valence-corrected chi connectivity index (χ2v) is 8.04. The van der Waals surface area contributed by atoms with Crippen LogP contribution in [0.2, 0.25) is 5.02 Å². The highest BCUT2D eigenvalue weighted by Crippen LogP contribution is 2.31. The molecule has 0 unspecified atom stereocenters. The van der Waals surface area contributed by atoms with Gasteiger partial charge < -0.3 is 10.1 Å². The lowest BCUT2D eigenvalue weighted by Gasteiger charge is -2.09. The van der Waals surface area contributed by atoms with Gasteiger partial charge in [0.1, 0.15) is 17.5 Å². The molecule has 3 aromatic carbocycles. The topological polar surface area (TPSA) is 79.9 Å². The molecule has 0 saturated carbocycles. The lowest BCUT2D eigenvalue weighted by molar-refractivity contribution is 0.102. The Bertz CT molecular complexity index is 1370. The second-order valence-electron chi connectivity index (χ2n) is 7.63. The minimum absolute atomic E-state index is 0.191. The summed E-state index contributed by atoms with van der Waals surface area (Å²) in [5.74, 6) is 1.01.